The zero-order chi connectivity index (χ0) is 15.8. The number of hydrogen-bond donors (Lipinski definition) is 3. The Hall–Kier alpha value is -2.16. The monoisotopic (exact) mass is 297 g/mol. The normalized spacial score (nSPS) is 11.7. The molecule has 118 valence electrons. The Morgan fingerprint density at radius 2 is 2.14 bits per heavy atom. The highest BCUT2D eigenvalue weighted by Crippen LogP contribution is 2.14. The van der Waals surface area contributed by atoms with E-state index in [4.69, 9.17) is 10.6 Å². The van der Waals surface area contributed by atoms with Crippen LogP contribution < -0.4 is 26.2 Å². The number of nitrogen functional groups attached to an aromatic ring is 1. The molecule has 21 heavy (non-hydrogen) atoms. The Kier molecular flexibility index (Phi) is 6.60. The minimum Gasteiger partial charge on any atom is -0.463 e. The lowest BCUT2D eigenvalue weighted by Gasteiger charge is -2.21. The van der Waals surface area contributed by atoms with Crippen LogP contribution in [0.5, 0.6) is 6.01 Å². The molecule has 0 aliphatic rings. The third-order valence-corrected chi connectivity index (χ3v) is 2.75. The standard InChI is InChI=1S/C12H23N7O2/c1-5-6-21-12-16-10(18-13)15-11(17-12)19(4)7-8(2)9(20)14-3/h8H,5-7,13H2,1-4H3,(H,14,20)(H,15,16,17,18). The molecule has 0 aromatic carbocycles. The number of amides is 1. The summed E-state index contributed by atoms with van der Waals surface area (Å²) >= 11 is 0. The summed E-state index contributed by atoms with van der Waals surface area (Å²) in [6.45, 7) is 4.78. The van der Waals surface area contributed by atoms with Gasteiger partial charge in [0.05, 0.1) is 12.5 Å². The van der Waals surface area contributed by atoms with Crippen molar-refractivity contribution in [2.24, 2.45) is 11.8 Å². The fourth-order valence-corrected chi connectivity index (χ4v) is 1.66. The molecule has 0 saturated heterocycles. The third-order valence-electron chi connectivity index (χ3n) is 2.75. The van der Waals surface area contributed by atoms with Crippen molar-refractivity contribution in [3.8, 4) is 6.01 Å². The zero-order valence-electron chi connectivity index (χ0n) is 12.9. The van der Waals surface area contributed by atoms with Gasteiger partial charge in [0.1, 0.15) is 0 Å². The quantitative estimate of drug-likeness (QED) is 0.444. The molecule has 0 spiro atoms. The molecule has 0 aliphatic heterocycles. The maximum absolute atomic E-state index is 11.6. The van der Waals surface area contributed by atoms with E-state index in [0.717, 1.165) is 6.42 Å². The number of hydrazine groups is 1. The molecule has 0 fully saturated rings. The van der Waals surface area contributed by atoms with Gasteiger partial charge in [-0.05, 0) is 6.42 Å². The number of aromatic nitrogens is 3. The number of nitrogens with zero attached hydrogens (tertiary/aromatic N) is 4. The zero-order valence-corrected chi connectivity index (χ0v) is 12.9. The van der Waals surface area contributed by atoms with E-state index in [9.17, 15) is 4.79 Å². The van der Waals surface area contributed by atoms with Crippen LogP contribution in [-0.4, -0.2) is 48.1 Å². The van der Waals surface area contributed by atoms with E-state index in [1.807, 2.05) is 13.8 Å². The van der Waals surface area contributed by atoms with Crippen molar-refractivity contribution in [1.29, 1.82) is 0 Å². The first-order chi connectivity index (χ1) is 10.0. The van der Waals surface area contributed by atoms with Gasteiger partial charge in [0.15, 0.2) is 0 Å². The Bertz CT molecular complexity index is 469. The van der Waals surface area contributed by atoms with Gasteiger partial charge < -0.3 is 15.0 Å². The van der Waals surface area contributed by atoms with Gasteiger partial charge in [-0.3, -0.25) is 10.2 Å². The van der Waals surface area contributed by atoms with Gasteiger partial charge in [-0.1, -0.05) is 13.8 Å². The van der Waals surface area contributed by atoms with Gasteiger partial charge in [-0.15, -0.1) is 0 Å². The van der Waals surface area contributed by atoms with Crippen LogP contribution in [0.15, 0.2) is 0 Å². The molecule has 0 radical (unpaired) electrons. The smallest absolute Gasteiger partial charge is 0.323 e. The highest BCUT2D eigenvalue weighted by Gasteiger charge is 2.17. The van der Waals surface area contributed by atoms with E-state index in [0.29, 0.717) is 19.1 Å². The summed E-state index contributed by atoms with van der Waals surface area (Å²) in [5.74, 6) is 5.70. The molecule has 1 rings (SSSR count). The van der Waals surface area contributed by atoms with Crippen LogP contribution >= 0.6 is 0 Å². The van der Waals surface area contributed by atoms with Crippen molar-refractivity contribution in [3.05, 3.63) is 0 Å². The second-order valence-electron chi connectivity index (χ2n) is 4.63. The first-order valence-corrected chi connectivity index (χ1v) is 6.80. The maximum atomic E-state index is 11.6. The average Bonchev–Trinajstić information content (AvgIpc) is 2.51. The molecule has 1 unspecified atom stereocenters. The van der Waals surface area contributed by atoms with Crippen LogP contribution in [0.2, 0.25) is 0 Å². The Labute approximate surface area is 124 Å². The lowest BCUT2D eigenvalue weighted by atomic mass is 10.1. The molecule has 4 N–H and O–H groups in total. The molecular formula is C12H23N7O2. The van der Waals surface area contributed by atoms with E-state index in [2.05, 4.69) is 25.7 Å². The SMILES string of the molecule is CCCOc1nc(NN)nc(N(C)CC(C)C(=O)NC)n1. The fourth-order valence-electron chi connectivity index (χ4n) is 1.66. The van der Waals surface area contributed by atoms with Crippen LogP contribution in [0.25, 0.3) is 0 Å². The molecule has 0 bridgehead atoms. The van der Waals surface area contributed by atoms with Crippen molar-refractivity contribution >= 4 is 17.8 Å². The van der Waals surface area contributed by atoms with E-state index in [-0.39, 0.29) is 23.8 Å². The molecule has 1 aromatic heterocycles. The molecule has 1 atom stereocenters. The van der Waals surface area contributed by atoms with Crippen molar-refractivity contribution in [2.75, 3.05) is 37.6 Å². The van der Waals surface area contributed by atoms with Crippen LogP contribution in [-0.2, 0) is 4.79 Å². The number of carbonyl (C=O) groups excluding carboxylic acids is 1. The molecule has 0 aliphatic carbocycles. The predicted octanol–water partition coefficient (Wildman–Crippen LogP) is -0.236. The molecule has 0 saturated carbocycles. The predicted molar refractivity (Wildman–Crippen MR) is 79.9 cm³/mol. The lowest BCUT2D eigenvalue weighted by Crippen LogP contribution is -2.35. The molecular weight excluding hydrogens is 274 g/mol. The van der Waals surface area contributed by atoms with E-state index in [1.165, 1.54) is 0 Å². The number of ether oxygens (including phenoxy) is 1. The molecule has 1 amide bonds. The highest BCUT2D eigenvalue weighted by molar-refractivity contribution is 5.78. The largest absolute Gasteiger partial charge is 0.463 e. The Balaban J connectivity index is 2.86. The van der Waals surface area contributed by atoms with Crippen LogP contribution in [0, 0.1) is 5.92 Å². The fraction of sp³-hybridized carbons (Fsp3) is 0.667. The highest BCUT2D eigenvalue weighted by atomic mass is 16.5. The summed E-state index contributed by atoms with van der Waals surface area (Å²) in [6, 6.07) is 0.203. The summed E-state index contributed by atoms with van der Waals surface area (Å²) in [5.41, 5.74) is 2.38. The van der Waals surface area contributed by atoms with E-state index in [1.54, 1.807) is 19.0 Å². The van der Waals surface area contributed by atoms with Crippen molar-refractivity contribution in [1.82, 2.24) is 20.3 Å². The summed E-state index contributed by atoms with van der Waals surface area (Å²) < 4.78 is 5.40. The average molecular weight is 297 g/mol. The van der Waals surface area contributed by atoms with Crippen LogP contribution in [0.1, 0.15) is 20.3 Å². The van der Waals surface area contributed by atoms with Crippen molar-refractivity contribution < 1.29 is 9.53 Å². The number of carbonyl (C=O) groups is 1. The number of nitrogens with one attached hydrogen (secondary N) is 2. The molecule has 1 heterocycles. The van der Waals surface area contributed by atoms with Gasteiger partial charge in [0.2, 0.25) is 17.8 Å². The summed E-state index contributed by atoms with van der Waals surface area (Å²) in [6.07, 6.45) is 0.843. The Morgan fingerprint density at radius 3 is 2.71 bits per heavy atom. The maximum Gasteiger partial charge on any atom is 0.323 e. The molecule has 9 heteroatoms. The minimum atomic E-state index is -0.203. The minimum absolute atomic E-state index is 0.0458. The topological polar surface area (TPSA) is 118 Å². The second kappa shape index (κ2) is 8.20. The van der Waals surface area contributed by atoms with E-state index < -0.39 is 0 Å². The first-order valence-electron chi connectivity index (χ1n) is 6.80. The van der Waals surface area contributed by atoms with Gasteiger partial charge >= 0.3 is 6.01 Å². The first kappa shape index (κ1) is 16.9. The van der Waals surface area contributed by atoms with Gasteiger partial charge in [0.25, 0.3) is 0 Å². The van der Waals surface area contributed by atoms with E-state index >= 15 is 0 Å². The second-order valence-corrected chi connectivity index (χ2v) is 4.63. The van der Waals surface area contributed by atoms with Crippen LogP contribution in [0.4, 0.5) is 11.9 Å². The van der Waals surface area contributed by atoms with Gasteiger partial charge in [-0.25, -0.2) is 5.84 Å². The van der Waals surface area contributed by atoms with Crippen LogP contribution in [0.3, 0.4) is 0 Å². The van der Waals surface area contributed by atoms with Gasteiger partial charge in [0, 0.05) is 20.6 Å². The lowest BCUT2D eigenvalue weighted by molar-refractivity contribution is -0.123. The van der Waals surface area contributed by atoms with Crippen molar-refractivity contribution in [2.45, 2.75) is 20.3 Å². The number of nitrogens with two attached hydrogens (primary N) is 1. The number of hydrogen-bond acceptors (Lipinski definition) is 8. The third kappa shape index (κ3) is 5.03. The van der Waals surface area contributed by atoms with Crippen molar-refractivity contribution in [3.63, 3.8) is 0 Å². The number of rotatable bonds is 8. The number of anilines is 2. The summed E-state index contributed by atoms with van der Waals surface area (Å²) in [5, 5.41) is 2.61. The summed E-state index contributed by atoms with van der Waals surface area (Å²) in [7, 11) is 3.40. The molecule has 1 aromatic rings. The Morgan fingerprint density at radius 1 is 1.43 bits per heavy atom. The molecule has 9 nitrogen and oxygen atoms in total. The van der Waals surface area contributed by atoms with Gasteiger partial charge in [-0.2, -0.15) is 15.0 Å². The summed E-state index contributed by atoms with van der Waals surface area (Å²) in [4.78, 5) is 25.7.